The second-order valence-electron chi connectivity index (χ2n) is 4.38. The third-order valence-electron chi connectivity index (χ3n) is 3.24. The van der Waals surface area contributed by atoms with Gasteiger partial charge in [0.25, 0.3) is 0 Å². The van der Waals surface area contributed by atoms with Crippen LogP contribution in [0.25, 0.3) is 0 Å². The molecule has 1 aliphatic heterocycles. The highest BCUT2D eigenvalue weighted by molar-refractivity contribution is 8.00. The highest BCUT2D eigenvalue weighted by Crippen LogP contribution is 2.71. The molecular weight excluding hydrogens is 164 g/mol. The first-order valence-corrected chi connectivity index (χ1v) is 5.35. The molecular formula is C11H12S. The first-order valence-electron chi connectivity index (χ1n) is 4.47. The van der Waals surface area contributed by atoms with Crippen molar-refractivity contribution in [3.63, 3.8) is 0 Å². The first-order chi connectivity index (χ1) is 5.71. The zero-order valence-electron chi connectivity index (χ0n) is 7.37. The molecule has 0 aromatic heterocycles. The molecule has 0 amide bonds. The fourth-order valence-corrected chi connectivity index (χ4v) is 4.12. The van der Waals surface area contributed by atoms with Crippen LogP contribution < -0.4 is 0 Å². The summed E-state index contributed by atoms with van der Waals surface area (Å²) in [5, 5.41) is 0.870. The Balaban J connectivity index is 2.11. The summed E-state index contributed by atoms with van der Waals surface area (Å²) in [6.07, 6.45) is 0. The van der Waals surface area contributed by atoms with Gasteiger partial charge in [-0.25, -0.2) is 0 Å². The van der Waals surface area contributed by atoms with Gasteiger partial charge in [0.1, 0.15) is 0 Å². The Bertz CT molecular complexity index is 341. The van der Waals surface area contributed by atoms with Gasteiger partial charge in [-0.1, -0.05) is 32.0 Å². The Morgan fingerprint density at radius 1 is 1.25 bits per heavy atom. The van der Waals surface area contributed by atoms with Crippen LogP contribution in [-0.2, 0) is 0 Å². The summed E-state index contributed by atoms with van der Waals surface area (Å²) in [6, 6.07) is 8.85. The average Bonchev–Trinajstić information content (AvgIpc) is 2.46. The highest BCUT2D eigenvalue weighted by atomic mass is 32.2. The van der Waals surface area contributed by atoms with Gasteiger partial charge in [-0.2, -0.15) is 0 Å². The highest BCUT2D eigenvalue weighted by Gasteiger charge is 2.62. The maximum Gasteiger partial charge on any atom is 0.0226 e. The molecule has 1 aliphatic carbocycles. The van der Waals surface area contributed by atoms with Gasteiger partial charge in [0.15, 0.2) is 0 Å². The quantitative estimate of drug-likeness (QED) is 0.584. The van der Waals surface area contributed by atoms with Crippen LogP contribution in [0.15, 0.2) is 29.2 Å². The molecule has 1 aromatic carbocycles. The number of fused-ring (bicyclic) bond motifs is 3. The van der Waals surface area contributed by atoms with E-state index in [1.54, 1.807) is 5.56 Å². The SMILES string of the molecule is CC1(C)C2Sc3ccccc3C21. The Hall–Kier alpha value is -0.430. The first kappa shape index (κ1) is 7.02. The smallest absolute Gasteiger partial charge is 0.0226 e. The van der Waals surface area contributed by atoms with E-state index >= 15 is 0 Å². The average molecular weight is 176 g/mol. The Morgan fingerprint density at radius 2 is 2.00 bits per heavy atom. The minimum atomic E-state index is 0.568. The van der Waals surface area contributed by atoms with Crippen LogP contribution in [0.3, 0.4) is 0 Å². The van der Waals surface area contributed by atoms with Crippen molar-refractivity contribution in [2.75, 3.05) is 0 Å². The van der Waals surface area contributed by atoms with Crippen LogP contribution in [0, 0.1) is 5.41 Å². The van der Waals surface area contributed by atoms with Gasteiger partial charge >= 0.3 is 0 Å². The number of rotatable bonds is 0. The molecule has 12 heavy (non-hydrogen) atoms. The summed E-state index contributed by atoms with van der Waals surface area (Å²) in [7, 11) is 0. The van der Waals surface area contributed by atoms with E-state index in [2.05, 4.69) is 49.9 Å². The summed E-state index contributed by atoms with van der Waals surface area (Å²) < 4.78 is 0. The molecule has 2 aliphatic rings. The molecule has 3 rings (SSSR count). The molecule has 1 saturated carbocycles. The van der Waals surface area contributed by atoms with Gasteiger partial charge in [-0.05, 0) is 17.0 Å². The molecule has 0 spiro atoms. The number of thioether (sulfide) groups is 1. The van der Waals surface area contributed by atoms with Crippen molar-refractivity contribution in [1.29, 1.82) is 0 Å². The summed E-state index contributed by atoms with van der Waals surface area (Å²) in [4.78, 5) is 1.52. The van der Waals surface area contributed by atoms with E-state index in [0.717, 1.165) is 11.2 Å². The molecule has 2 unspecified atom stereocenters. The van der Waals surface area contributed by atoms with Crippen LogP contribution in [0.2, 0.25) is 0 Å². The standard InChI is InChI=1S/C11H12S/c1-11(2)9-7-5-3-4-6-8(7)12-10(9)11/h3-6,9-10H,1-2H3. The molecule has 1 heterocycles. The molecule has 62 valence electrons. The van der Waals surface area contributed by atoms with Crippen LogP contribution in [0.1, 0.15) is 25.3 Å². The van der Waals surface area contributed by atoms with Gasteiger partial charge in [-0.15, -0.1) is 11.8 Å². The molecule has 0 nitrogen and oxygen atoms in total. The van der Waals surface area contributed by atoms with Crippen molar-refractivity contribution in [2.24, 2.45) is 5.41 Å². The number of hydrogen-bond donors (Lipinski definition) is 0. The van der Waals surface area contributed by atoms with Gasteiger partial charge < -0.3 is 0 Å². The summed E-state index contributed by atoms with van der Waals surface area (Å²) in [5.74, 6) is 0.846. The van der Waals surface area contributed by atoms with Crippen molar-refractivity contribution in [1.82, 2.24) is 0 Å². The largest absolute Gasteiger partial charge is 0.121 e. The zero-order valence-corrected chi connectivity index (χ0v) is 8.19. The Kier molecular flexibility index (Phi) is 1.11. The van der Waals surface area contributed by atoms with Crippen molar-refractivity contribution >= 4 is 11.8 Å². The van der Waals surface area contributed by atoms with E-state index in [9.17, 15) is 0 Å². The Morgan fingerprint density at radius 3 is 2.83 bits per heavy atom. The molecule has 1 heteroatoms. The second kappa shape index (κ2) is 1.90. The van der Waals surface area contributed by atoms with E-state index in [1.807, 2.05) is 0 Å². The van der Waals surface area contributed by atoms with Gasteiger partial charge in [0.2, 0.25) is 0 Å². The van der Waals surface area contributed by atoms with Gasteiger partial charge in [0.05, 0.1) is 0 Å². The molecule has 0 saturated heterocycles. The Labute approximate surface area is 77.4 Å². The predicted molar refractivity (Wildman–Crippen MR) is 52.6 cm³/mol. The normalized spacial score (nSPS) is 34.2. The van der Waals surface area contributed by atoms with Gasteiger partial charge in [-0.3, -0.25) is 0 Å². The number of hydrogen-bond acceptors (Lipinski definition) is 1. The van der Waals surface area contributed by atoms with Crippen LogP contribution in [0.4, 0.5) is 0 Å². The molecule has 1 fully saturated rings. The summed E-state index contributed by atoms with van der Waals surface area (Å²) >= 11 is 2.07. The van der Waals surface area contributed by atoms with E-state index in [1.165, 1.54) is 4.90 Å². The molecule has 2 atom stereocenters. The van der Waals surface area contributed by atoms with Crippen molar-refractivity contribution in [3.8, 4) is 0 Å². The lowest BCUT2D eigenvalue weighted by molar-refractivity contribution is 0.617. The molecule has 0 bridgehead atoms. The predicted octanol–water partition coefficient (Wildman–Crippen LogP) is 3.28. The van der Waals surface area contributed by atoms with Crippen LogP contribution in [0.5, 0.6) is 0 Å². The lowest BCUT2D eigenvalue weighted by Crippen LogP contribution is -1.95. The summed E-state index contributed by atoms with van der Waals surface area (Å²) in [5.41, 5.74) is 2.16. The van der Waals surface area contributed by atoms with E-state index in [0.29, 0.717) is 5.41 Å². The van der Waals surface area contributed by atoms with Crippen molar-refractivity contribution < 1.29 is 0 Å². The third-order valence-corrected chi connectivity index (χ3v) is 5.00. The lowest BCUT2D eigenvalue weighted by Gasteiger charge is -2.09. The van der Waals surface area contributed by atoms with E-state index < -0.39 is 0 Å². The molecule has 0 radical (unpaired) electrons. The molecule has 1 aromatic rings. The fourth-order valence-electron chi connectivity index (χ4n) is 2.36. The molecule has 0 N–H and O–H groups in total. The minimum absolute atomic E-state index is 0.568. The van der Waals surface area contributed by atoms with E-state index in [4.69, 9.17) is 0 Å². The topological polar surface area (TPSA) is 0 Å². The number of benzene rings is 1. The maximum atomic E-state index is 2.38. The third kappa shape index (κ3) is 0.663. The lowest BCUT2D eigenvalue weighted by atomic mass is 10.0. The van der Waals surface area contributed by atoms with Gasteiger partial charge in [0, 0.05) is 16.1 Å². The second-order valence-corrected chi connectivity index (χ2v) is 5.56. The zero-order chi connectivity index (χ0) is 8.34. The van der Waals surface area contributed by atoms with Crippen molar-refractivity contribution in [3.05, 3.63) is 29.8 Å². The summed E-state index contributed by atoms with van der Waals surface area (Å²) in [6.45, 7) is 4.76. The van der Waals surface area contributed by atoms with E-state index in [-0.39, 0.29) is 0 Å². The minimum Gasteiger partial charge on any atom is -0.121 e. The fraction of sp³-hybridized carbons (Fsp3) is 0.455. The van der Waals surface area contributed by atoms with Crippen LogP contribution in [-0.4, -0.2) is 5.25 Å². The monoisotopic (exact) mass is 176 g/mol. The maximum absolute atomic E-state index is 2.38. The van der Waals surface area contributed by atoms with Crippen LogP contribution >= 0.6 is 11.8 Å². The van der Waals surface area contributed by atoms with Crippen molar-refractivity contribution in [2.45, 2.75) is 29.9 Å².